The molecule has 0 aliphatic carbocycles. The minimum atomic E-state index is -2.84. The van der Waals surface area contributed by atoms with Gasteiger partial charge in [0.25, 0.3) is 0 Å². The Labute approximate surface area is 118 Å². The van der Waals surface area contributed by atoms with E-state index in [0.29, 0.717) is 24.3 Å². The number of alkyl halides is 2. The second-order valence-corrected chi connectivity index (χ2v) is 4.88. The number of ether oxygens (including phenoxy) is 2. The van der Waals surface area contributed by atoms with Gasteiger partial charge in [0.15, 0.2) is 11.5 Å². The topological polar surface area (TPSA) is 30.5 Å². The van der Waals surface area contributed by atoms with E-state index in [1.165, 1.54) is 0 Å². The lowest BCUT2D eigenvalue weighted by atomic mass is 9.90. The van der Waals surface area contributed by atoms with E-state index in [2.05, 4.69) is 17.0 Å². The zero-order valence-electron chi connectivity index (χ0n) is 11.9. The Bertz CT molecular complexity index is 440. The van der Waals surface area contributed by atoms with Crippen molar-refractivity contribution in [3.05, 3.63) is 23.8 Å². The maximum absolute atomic E-state index is 12.4. The molecule has 1 N–H and O–H groups in total. The first-order valence-electron chi connectivity index (χ1n) is 7.10. The van der Waals surface area contributed by atoms with Crippen LogP contribution in [0.1, 0.15) is 38.2 Å². The minimum Gasteiger partial charge on any atom is -0.490 e. The van der Waals surface area contributed by atoms with Gasteiger partial charge >= 0.3 is 6.61 Å². The molecule has 2 atom stereocenters. The quantitative estimate of drug-likeness (QED) is 0.867. The van der Waals surface area contributed by atoms with Gasteiger partial charge in [-0.3, -0.25) is 0 Å². The van der Waals surface area contributed by atoms with E-state index in [0.717, 1.165) is 24.9 Å². The normalized spacial score (nSPS) is 22.2. The average molecular weight is 285 g/mol. The molecule has 3 nitrogen and oxygen atoms in total. The summed E-state index contributed by atoms with van der Waals surface area (Å²) in [4.78, 5) is 0. The van der Waals surface area contributed by atoms with Crippen LogP contribution < -0.4 is 14.8 Å². The van der Waals surface area contributed by atoms with Crippen LogP contribution in [0.3, 0.4) is 0 Å². The number of hydrogen-bond donors (Lipinski definition) is 1. The first kappa shape index (κ1) is 15.0. The summed E-state index contributed by atoms with van der Waals surface area (Å²) >= 11 is 0. The molecule has 1 aliphatic rings. The van der Waals surface area contributed by atoms with Crippen molar-refractivity contribution in [1.82, 2.24) is 5.32 Å². The second kappa shape index (κ2) is 6.88. The van der Waals surface area contributed by atoms with Crippen LogP contribution >= 0.6 is 0 Å². The molecule has 1 aliphatic heterocycles. The molecule has 0 saturated carbocycles. The van der Waals surface area contributed by atoms with Gasteiger partial charge in [0.05, 0.1) is 6.61 Å². The molecule has 2 unspecified atom stereocenters. The van der Waals surface area contributed by atoms with E-state index in [9.17, 15) is 8.78 Å². The van der Waals surface area contributed by atoms with Gasteiger partial charge in [0, 0.05) is 12.0 Å². The summed E-state index contributed by atoms with van der Waals surface area (Å²) in [6.45, 7) is 2.54. The SMILES string of the molecule is CCOc1cc(C2CCNC2CC)ccc1OC(F)F. The highest BCUT2D eigenvalue weighted by molar-refractivity contribution is 5.44. The Morgan fingerprint density at radius 3 is 2.75 bits per heavy atom. The lowest BCUT2D eigenvalue weighted by Crippen LogP contribution is -2.24. The Kier molecular flexibility index (Phi) is 5.17. The van der Waals surface area contributed by atoms with Gasteiger partial charge < -0.3 is 14.8 Å². The lowest BCUT2D eigenvalue weighted by molar-refractivity contribution is -0.0514. The van der Waals surface area contributed by atoms with E-state index in [-0.39, 0.29) is 5.75 Å². The van der Waals surface area contributed by atoms with Crippen LogP contribution in [0.5, 0.6) is 11.5 Å². The summed E-state index contributed by atoms with van der Waals surface area (Å²) < 4.78 is 34.7. The van der Waals surface area contributed by atoms with Crippen molar-refractivity contribution in [3.8, 4) is 11.5 Å². The van der Waals surface area contributed by atoms with E-state index in [1.54, 1.807) is 6.07 Å². The fourth-order valence-electron chi connectivity index (χ4n) is 2.81. The van der Waals surface area contributed by atoms with E-state index < -0.39 is 6.61 Å². The molecular formula is C15H21F2NO2. The summed E-state index contributed by atoms with van der Waals surface area (Å²) in [6.07, 6.45) is 2.10. The van der Waals surface area contributed by atoms with Crippen LogP contribution in [0.25, 0.3) is 0 Å². The largest absolute Gasteiger partial charge is 0.490 e. The predicted molar refractivity (Wildman–Crippen MR) is 73.7 cm³/mol. The monoisotopic (exact) mass is 285 g/mol. The summed E-state index contributed by atoms with van der Waals surface area (Å²) in [5.41, 5.74) is 1.12. The third kappa shape index (κ3) is 3.39. The first-order valence-corrected chi connectivity index (χ1v) is 7.10. The minimum absolute atomic E-state index is 0.101. The van der Waals surface area contributed by atoms with Crippen LogP contribution in [0.15, 0.2) is 18.2 Å². The van der Waals surface area contributed by atoms with Crippen LogP contribution in [0.4, 0.5) is 8.78 Å². The van der Waals surface area contributed by atoms with E-state index in [1.807, 2.05) is 19.1 Å². The molecule has 1 aromatic carbocycles. The van der Waals surface area contributed by atoms with Crippen LogP contribution in [-0.2, 0) is 0 Å². The molecule has 1 saturated heterocycles. The Morgan fingerprint density at radius 1 is 1.30 bits per heavy atom. The predicted octanol–water partition coefficient (Wildman–Crippen LogP) is 3.54. The van der Waals surface area contributed by atoms with Gasteiger partial charge in [-0.05, 0) is 44.0 Å². The number of hydrogen-bond acceptors (Lipinski definition) is 3. The molecule has 20 heavy (non-hydrogen) atoms. The van der Waals surface area contributed by atoms with Crippen molar-refractivity contribution >= 4 is 0 Å². The molecular weight excluding hydrogens is 264 g/mol. The summed E-state index contributed by atoms with van der Waals surface area (Å²) in [5.74, 6) is 0.900. The van der Waals surface area contributed by atoms with Gasteiger partial charge in [-0.1, -0.05) is 13.0 Å². The maximum Gasteiger partial charge on any atom is 0.387 e. The Morgan fingerprint density at radius 2 is 2.10 bits per heavy atom. The Hall–Kier alpha value is -1.36. The van der Waals surface area contributed by atoms with Crippen LogP contribution in [0, 0.1) is 0 Å². The fraction of sp³-hybridized carbons (Fsp3) is 0.600. The van der Waals surface area contributed by atoms with Crippen molar-refractivity contribution in [2.45, 2.75) is 45.3 Å². The lowest BCUT2D eigenvalue weighted by Gasteiger charge is -2.20. The highest BCUT2D eigenvalue weighted by Gasteiger charge is 2.27. The van der Waals surface area contributed by atoms with Gasteiger partial charge in [-0.25, -0.2) is 0 Å². The summed E-state index contributed by atoms with van der Waals surface area (Å²) in [6, 6.07) is 5.71. The molecule has 0 radical (unpaired) electrons. The van der Waals surface area contributed by atoms with Crippen molar-refractivity contribution in [1.29, 1.82) is 0 Å². The second-order valence-electron chi connectivity index (χ2n) is 4.88. The van der Waals surface area contributed by atoms with Crippen molar-refractivity contribution in [2.24, 2.45) is 0 Å². The van der Waals surface area contributed by atoms with Crippen molar-refractivity contribution < 1.29 is 18.3 Å². The first-order chi connectivity index (χ1) is 9.65. The third-order valence-electron chi connectivity index (χ3n) is 3.70. The fourth-order valence-corrected chi connectivity index (χ4v) is 2.81. The molecule has 2 rings (SSSR count). The molecule has 5 heteroatoms. The van der Waals surface area contributed by atoms with E-state index in [4.69, 9.17) is 4.74 Å². The highest BCUT2D eigenvalue weighted by Crippen LogP contribution is 2.36. The molecule has 1 heterocycles. The zero-order chi connectivity index (χ0) is 14.5. The number of benzene rings is 1. The van der Waals surface area contributed by atoms with Gasteiger partial charge in [-0.15, -0.1) is 0 Å². The average Bonchev–Trinajstić information content (AvgIpc) is 2.89. The van der Waals surface area contributed by atoms with Gasteiger partial charge in [0.1, 0.15) is 0 Å². The highest BCUT2D eigenvalue weighted by atomic mass is 19.3. The van der Waals surface area contributed by atoms with Gasteiger partial charge in [-0.2, -0.15) is 8.78 Å². The van der Waals surface area contributed by atoms with Crippen molar-refractivity contribution in [3.63, 3.8) is 0 Å². The molecule has 0 amide bonds. The summed E-state index contributed by atoms with van der Waals surface area (Å²) in [5, 5.41) is 3.46. The summed E-state index contributed by atoms with van der Waals surface area (Å²) in [7, 11) is 0. The van der Waals surface area contributed by atoms with Gasteiger partial charge in [0.2, 0.25) is 0 Å². The number of halogens is 2. The standard InChI is InChI=1S/C15H21F2NO2/c1-3-12-11(7-8-18-12)10-5-6-13(20-15(16)17)14(9-10)19-4-2/h5-6,9,11-12,15,18H,3-4,7-8H2,1-2H3. The molecule has 1 fully saturated rings. The zero-order valence-corrected chi connectivity index (χ0v) is 11.9. The molecule has 112 valence electrons. The maximum atomic E-state index is 12.4. The third-order valence-corrected chi connectivity index (χ3v) is 3.70. The molecule has 0 spiro atoms. The number of rotatable bonds is 6. The molecule has 1 aromatic rings. The number of nitrogens with one attached hydrogen (secondary N) is 1. The van der Waals surface area contributed by atoms with E-state index >= 15 is 0 Å². The van der Waals surface area contributed by atoms with Crippen LogP contribution in [-0.4, -0.2) is 25.8 Å². The van der Waals surface area contributed by atoms with Crippen molar-refractivity contribution in [2.75, 3.05) is 13.2 Å². The smallest absolute Gasteiger partial charge is 0.387 e. The van der Waals surface area contributed by atoms with Crippen LogP contribution in [0.2, 0.25) is 0 Å². The molecule has 0 aromatic heterocycles. The Balaban J connectivity index is 2.24. The molecule has 0 bridgehead atoms.